The minimum atomic E-state index is 0.220. The third-order valence-electron chi connectivity index (χ3n) is 2.13. The van der Waals surface area contributed by atoms with Crippen molar-refractivity contribution in [3.8, 4) is 5.88 Å². The Morgan fingerprint density at radius 3 is 2.93 bits per heavy atom. The molecule has 0 saturated heterocycles. The van der Waals surface area contributed by atoms with Gasteiger partial charge in [-0.2, -0.15) is 4.98 Å². The van der Waals surface area contributed by atoms with Gasteiger partial charge in [0.05, 0.1) is 12.3 Å². The second-order valence-corrected chi connectivity index (χ2v) is 3.31. The molecule has 0 spiro atoms. The molecule has 0 N–H and O–H groups in total. The Morgan fingerprint density at radius 1 is 1.57 bits per heavy atom. The monoisotopic (exact) mass is 192 g/mol. The van der Waals surface area contributed by atoms with Crippen LogP contribution >= 0.6 is 0 Å². The van der Waals surface area contributed by atoms with Crippen LogP contribution in [0.4, 0.5) is 0 Å². The fourth-order valence-corrected chi connectivity index (χ4v) is 1.32. The van der Waals surface area contributed by atoms with Crippen molar-refractivity contribution in [2.75, 3.05) is 6.61 Å². The smallest absolute Gasteiger partial charge is 0.217 e. The van der Waals surface area contributed by atoms with Crippen molar-refractivity contribution >= 4 is 6.29 Å². The van der Waals surface area contributed by atoms with Gasteiger partial charge >= 0.3 is 0 Å². The summed E-state index contributed by atoms with van der Waals surface area (Å²) in [6.45, 7) is 2.44. The fraction of sp³-hybridized carbons (Fsp3) is 0.500. The highest BCUT2D eigenvalue weighted by atomic mass is 16.5. The number of nitrogens with zero attached hydrogens (tertiary/aromatic N) is 2. The molecule has 0 bridgehead atoms. The van der Waals surface area contributed by atoms with E-state index in [0.717, 1.165) is 18.5 Å². The van der Waals surface area contributed by atoms with E-state index in [1.165, 1.54) is 0 Å². The van der Waals surface area contributed by atoms with E-state index in [0.29, 0.717) is 24.7 Å². The number of carbonyl (C=O) groups is 1. The second-order valence-electron chi connectivity index (χ2n) is 3.31. The molecule has 1 fully saturated rings. The van der Waals surface area contributed by atoms with Crippen LogP contribution in [0.2, 0.25) is 0 Å². The molecule has 0 radical (unpaired) electrons. The molecule has 0 unspecified atom stereocenters. The van der Waals surface area contributed by atoms with Crippen LogP contribution in [0.15, 0.2) is 6.07 Å². The number of aromatic nitrogens is 2. The van der Waals surface area contributed by atoms with Gasteiger partial charge in [-0.3, -0.25) is 4.79 Å². The number of carbonyl (C=O) groups excluding carboxylic acids is 1. The molecule has 1 aliphatic rings. The van der Waals surface area contributed by atoms with Crippen LogP contribution in [-0.4, -0.2) is 22.9 Å². The Balaban J connectivity index is 2.30. The minimum Gasteiger partial charge on any atom is -0.478 e. The van der Waals surface area contributed by atoms with Gasteiger partial charge in [0.15, 0.2) is 12.1 Å². The molecule has 1 heterocycles. The summed E-state index contributed by atoms with van der Waals surface area (Å²) in [7, 11) is 0. The average molecular weight is 192 g/mol. The molecule has 0 atom stereocenters. The highest BCUT2D eigenvalue weighted by Crippen LogP contribution is 2.39. The quantitative estimate of drug-likeness (QED) is 0.679. The molecule has 1 aromatic rings. The van der Waals surface area contributed by atoms with Gasteiger partial charge in [-0.15, -0.1) is 0 Å². The first-order chi connectivity index (χ1) is 6.83. The molecular formula is C10H12N2O2. The van der Waals surface area contributed by atoms with Gasteiger partial charge in [0.2, 0.25) is 5.88 Å². The third-order valence-corrected chi connectivity index (χ3v) is 2.13. The van der Waals surface area contributed by atoms with E-state index in [1.54, 1.807) is 0 Å². The zero-order chi connectivity index (χ0) is 9.97. The van der Waals surface area contributed by atoms with E-state index in [4.69, 9.17) is 4.74 Å². The first-order valence-corrected chi connectivity index (χ1v) is 4.80. The molecule has 1 saturated carbocycles. The Hall–Kier alpha value is -1.45. The summed E-state index contributed by atoms with van der Waals surface area (Å²) in [5.41, 5.74) is 0.936. The summed E-state index contributed by atoms with van der Waals surface area (Å²) in [5.74, 6) is 1.24. The van der Waals surface area contributed by atoms with Crippen LogP contribution in [0, 0.1) is 0 Å². The minimum absolute atomic E-state index is 0.220. The lowest BCUT2D eigenvalue weighted by atomic mass is 10.3. The van der Waals surface area contributed by atoms with Crippen molar-refractivity contribution in [1.29, 1.82) is 0 Å². The Bertz CT molecular complexity index is 348. The van der Waals surface area contributed by atoms with Crippen LogP contribution in [0.3, 0.4) is 0 Å². The van der Waals surface area contributed by atoms with Crippen molar-refractivity contribution in [2.45, 2.75) is 25.7 Å². The average Bonchev–Trinajstić information content (AvgIpc) is 3.01. The summed E-state index contributed by atoms with van der Waals surface area (Å²) in [6.07, 6.45) is 2.97. The number of ether oxygens (including phenoxy) is 1. The van der Waals surface area contributed by atoms with E-state index in [1.807, 2.05) is 13.0 Å². The summed E-state index contributed by atoms with van der Waals surface area (Å²) in [5, 5.41) is 0. The maximum Gasteiger partial charge on any atom is 0.217 e. The number of hydrogen-bond donors (Lipinski definition) is 0. The third kappa shape index (κ3) is 1.89. The van der Waals surface area contributed by atoms with Crippen molar-refractivity contribution in [2.24, 2.45) is 0 Å². The Kier molecular flexibility index (Phi) is 2.43. The van der Waals surface area contributed by atoms with Crippen molar-refractivity contribution in [3.05, 3.63) is 17.6 Å². The van der Waals surface area contributed by atoms with Crippen LogP contribution in [-0.2, 0) is 0 Å². The molecule has 4 heteroatoms. The molecular weight excluding hydrogens is 180 g/mol. The van der Waals surface area contributed by atoms with Gasteiger partial charge in [0.25, 0.3) is 0 Å². The Labute approximate surface area is 82.3 Å². The maximum atomic E-state index is 10.6. The van der Waals surface area contributed by atoms with Crippen molar-refractivity contribution in [1.82, 2.24) is 9.97 Å². The standard InChI is InChI=1S/C10H12N2O2/c1-2-14-10-5-8(7-3-4-7)11-9(6-13)12-10/h5-7H,2-4H2,1H3. The second kappa shape index (κ2) is 3.74. The molecule has 14 heavy (non-hydrogen) atoms. The van der Waals surface area contributed by atoms with E-state index in [9.17, 15) is 4.79 Å². The van der Waals surface area contributed by atoms with Crippen LogP contribution in [0.5, 0.6) is 5.88 Å². The van der Waals surface area contributed by atoms with E-state index < -0.39 is 0 Å². The van der Waals surface area contributed by atoms with Gasteiger partial charge in [-0.05, 0) is 19.8 Å². The van der Waals surface area contributed by atoms with Crippen molar-refractivity contribution in [3.63, 3.8) is 0 Å². The van der Waals surface area contributed by atoms with E-state index >= 15 is 0 Å². The highest BCUT2D eigenvalue weighted by Gasteiger charge is 2.26. The van der Waals surface area contributed by atoms with Gasteiger partial charge in [0, 0.05) is 12.0 Å². The normalized spacial score (nSPS) is 15.2. The fourth-order valence-electron chi connectivity index (χ4n) is 1.32. The van der Waals surface area contributed by atoms with E-state index in [2.05, 4.69) is 9.97 Å². The predicted octanol–water partition coefficient (Wildman–Crippen LogP) is 1.57. The molecule has 4 nitrogen and oxygen atoms in total. The van der Waals surface area contributed by atoms with Crippen LogP contribution in [0.1, 0.15) is 42.0 Å². The molecule has 0 aliphatic heterocycles. The molecule has 0 aromatic carbocycles. The van der Waals surface area contributed by atoms with Crippen LogP contribution in [0.25, 0.3) is 0 Å². The SMILES string of the molecule is CCOc1cc(C2CC2)nc(C=O)n1. The molecule has 2 rings (SSSR count). The number of rotatable bonds is 4. The molecule has 0 amide bonds. The molecule has 74 valence electrons. The van der Waals surface area contributed by atoms with Gasteiger partial charge in [-0.1, -0.05) is 0 Å². The van der Waals surface area contributed by atoms with Crippen molar-refractivity contribution < 1.29 is 9.53 Å². The maximum absolute atomic E-state index is 10.6. The zero-order valence-electron chi connectivity index (χ0n) is 8.06. The van der Waals surface area contributed by atoms with Gasteiger partial charge < -0.3 is 4.74 Å². The summed E-state index contributed by atoms with van der Waals surface area (Å²) in [4.78, 5) is 18.7. The largest absolute Gasteiger partial charge is 0.478 e. The zero-order valence-corrected chi connectivity index (χ0v) is 8.06. The lowest BCUT2D eigenvalue weighted by molar-refractivity contribution is 0.111. The summed E-state index contributed by atoms with van der Waals surface area (Å²) < 4.78 is 5.26. The van der Waals surface area contributed by atoms with Gasteiger partial charge in [-0.25, -0.2) is 4.98 Å². The number of aldehydes is 1. The lowest BCUT2D eigenvalue weighted by Crippen LogP contribution is -2.02. The summed E-state index contributed by atoms with van der Waals surface area (Å²) >= 11 is 0. The van der Waals surface area contributed by atoms with Crippen LogP contribution < -0.4 is 4.74 Å². The Morgan fingerprint density at radius 2 is 2.36 bits per heavy atom. The van der Waals surface area contributed by atoms with Gasteiger partial charge in [0.1, 0.15) is 0 Å². The topological polar surface area (TPSA) is 52.1 Å². The molecule has 1 aliphatic carbocycles. The highest BCUT2D eigenvalue weighted by molar-refractivity contribution is 5.69. The molecule has 1 aromatic heterocycles. The first kappa shape index (κ1) is 9.12. The first-order valence-electron chi connectivity index (χ1n) is 4.80. The summed E-state index contributed by atoms with van der Waals surface area (Å²) in [6, 6.07) is 1.83. The number of hydrogen-bond acceptors (Lipinski definition) is 4. The predicted molar refractivity (Wildman–Crippen MR) is 50.6 cm³/mol. The lowest BCUT2D eigenvalue weighted by Gasteiger charge is -2.04. The van der Waals surface area contributed by atoms with E-state index in [-0.39, 0.29) is 5.82 Å².